The second-order valence-electron chi connectivity index (χ2n) is 4.45. The molecule has 0 saturated carbocycles. The van der Waals surface area contributed by atoms with E-state index in [1.807, 2.05) is 0 Å². The van der Waals surface area contributed by atoms with E-state index in [4.69, 9.17) is 5.73 Å². The van der Waals surface area contributed by atoms with Crippen molar-refractivity contribution < 1.29 is 4.79 Å². The molecule has 86 valence electrons. The first-order valence-electron chi connectivity index (χ1n) is 5.81. The van der Waals surface area contributed by atoms with Gasteiger partial charge in [-0.1, -0.05) is 29.8 Å². The lowest BCUT2D eigenvalue weighted by Crippen LogP contribution is -2.41. The third-order valence-corrected chi connectivity index (χ3v) is 3.25. The fraction of sp³-hybridized carbons (Fsp3) is 0.462. The Bertz CT molecular complexity index is 372. The van der Waals surface area contributed by atoms with Gasteiger partial charge >= 0.3 is 6.03 Å². The summed E-state index contributed by atoms with van der Waals surface area (Å²) in [6, 6.07) is 8.24. The molecule has 0 bridgehead atoms. The highest BCUT2D eigenvalue weighted by Gasteiger charge is 2.26. The first-order valence-corrected chi connectivity index (χ1v) is 5.81. The summed E-state index contributed by atoms with van der Waals surface area (Å²) in [5.74, 6) is 0. The third-order valence-electron chi connectivity index (χ3n) is 3.25. The van der Waals surface area contributed by atoms with Gasteiger partial charge in [-0.25, -0.2) is 4.79 Å². The molecule has 1 aromatic rings. The molecule has 2 N–H and O–H groups in total. The summed E-state index contributed by atoms with van der Waals surface area (Å²) in [5, 5.41) is 0. The number of carbonyl (C=O) groups excluding carboxylic acids is 1. The van der Waals surface area contributed by atoms with Gasteiger partial charge in [0.1, 0.15) is 0 Å². The van der Waals surface area contributed by atoms with E-state index < -0.39 is 0 Å². The standard InChI is InChI=1S/C13H18N2O/c1-10-5-7-11(8-6-10)12-4-2-3-9-15(12)13(14)16/h5-8,12H,2-4,9H2,1H3,(H2,14,16). The zero-order valence-corrected chi connectivity index (χ0v) is 9.65. The fourth-order valence-corrected chi connectivity index (χ4v) is 2.33. The molecule has 0 aliphatic carbocycles. The molecule has 1 aliphatic heterocycles. The Balaban J connectivity index is 2.23. The van der Waals surface area contributed by atoms with E-state index in [-0.39, 0.29) is 12.1 Å². The average molecular weight is 218 g/mol. The number of nitrogens with zero attached hydrogens (tertiary/aromatic N) is 1. The molecule has 1 atom stereocenters. The molecule has 2 rings (SSSR count). The molecule has 1 fully saturated rings. The van der Waals surface area contributed by atoms with Crippen LogP contribution in [0.2, 0.25) is 0 Å². The van der Waals surface area contributed by atoms with Crippen molar-refractivity contribution in [2.45, 2.75) is 32.2 Å². The maximum atomic E-state index is 11.4. The van der Waals surface area contributed by atoms with Crippen molar-refractivity contribution in [2.75, 3.05) is 6.54 Å². The summed E-state index contributed by atoms with van der Waals surface area (Å²) < 4.78 is 0. The van der Waals surface area contributed by atoms with E-state index in [0.717, 1.165) is 19.4 Å². The first kappa shape index (κ1) is 11.0. The Kier molecular flexibility index (Phi) is 3.13. The first-order chi connectivity index (χ1) is 7.68. The van der Waals surface area contributed by atoms with Gasteiger partial charge in [-0.15, -0.1) is 0 Å². The minimum atomic E-state index is -0.301. The molecule has 3 heteroatoms. The van der Waals surface area contributed by atoms with Crippen LogP contribution in [0.3, 0.4) is 0 Å². The predicted octanol–water partition coefficient (Wildman–Crippen LogP) is 2.60. The van der Waals surface area contributed by atoms with Gasteiger partial charge in [0, 0.05) is 6.54 Å². The molecule has 1 unspecified atom stereocenters. The quantitative estimate of drug-likeness (QED) is 0.773. The summed E-state index contributed by atoms with van der Waals surface area (Å²) in [6.07, 6.45) is 3.25. The van der Waals surface area contributed by atoms with Gasteiger partial charge < -0.3 is 10.6 Å². The Morgan fingerprint density at radius 1 is 1.31 bits per heavy atom. The molecular weight excluding hydrogens is 200 g/mol. The van der Waals surface area contributed by atoms with Crippen LogP contribution in [-0.2, 0) is 0 Å². The lowest BCUT2D eigenvalue weighted by Gasteiger charge is -2.34. The fourth-order valence-electron chi connectivity index (χ4n) is 2.33. The summed E-state index contributed by atoms with van der Waals surface area (Å²) in [4.78, 5) is 13.1. The van der Waals surface area contributed by atoms with E-state index in [9.17, 15) is 4.79 Å². The van der Waals surface area contributed by atoms with Crippen molar-refractivity contribution in [3.63, 3.8) is 0 Å². The van der Waals surface area contributed by atoms with Gasteiger partial charge in [0.25, 0.3) is 0 Å². The molecule has 1 heterocycles. The van der Waals surface area contributed by atoms with Crippen molar-refractivity contribution in [3.8, 4) is 0 Å². The maximum Gasteiger partial charge on any atom is 0.315 e. The molecule has 0 spiro atoms. The number of urea groups is 1. The Morgan fingerprint density at radius 3 is 2.62 bits per heavy atom. The van der Waals surface area contributed by atoms with Crippen LogP contribution in [0.15, 0.2) is 24.3 Å². The second-order valence-corrected chi connectivity index (χ2v) is 4.45. The SMILES string of the molecule is Cc1ccc(C2CCCCN2C(N)=O)cc1. The minimum absolute atomic E-state index is 0.173. The zero-order chi connectivity index (χ0) is 11.5. The summed E-state index contributed by atoms with van der Waals surface area (Å²) in [5.41, 5.74) is 7.85. The lowest BCUT2D eigenvalue weighted by molar-refractivity contribution is 0.160. The number of rotatable bonds is 1. The second kappa shape index (κ2) is 4.56. The largest absolute Gasteiger partial charge is 0.351 e. The van der Waals surface area contributed by atoms with E-state index >= 15 is 0 Å². The van der Waals surface area contributed by atoms with Gasteiger partial charge in [-0.3, -0.25) is 0 Å². The van der Waals surface area contributed by atoms with Crippen LogP contribution in [0, 0.1) is 6.92 Å². The lowest BCUT2D eigenvalue weighted by atomic mass is 9.95. The number of nitrogens with two attached hydrogens (primary N) is 1. The Hall–Kier alpha value is -1.51. The van der Waals surface area contributed by atoms with Gasteiger partial charge in [0.2, 0.25) is 0 Å². The highest BCUT2D eigenvalue weighted by atomic mass is 16.2. The van der Waals surface area contributed by atoms with Crippen LogP contribution < -0.4 is 5.73 Å². The third kappa shape index (κ3) is 2.18. The van der Waals surface area contributed by atoms with Crippen molar-refractivity contribution in [1.29, 1.82) is 0 Å². The highest BCUT2D eigenvalue weighted by Crippen LogP contribution is 2.30. The Labute approximate surface area is 96.2 Å². The van der Waals surface area contributed by atoms with E-state index in [2.05, 4.69) is 31.2 Å². The molecule has 16 heavy (non-hydrogen) atoms. The summed E-state index contributed by atoms with van der Waals surface area (Å²) >= 11 is 0. The number of likely N-dealkylation sites (tertiary alicyclic amines) is 1. The molecule has 2 amide bonds. The van der Waals surface area contributed by atoms with Crippen LogP contribution in [0.4, 0.5) is 4.79 Å². The number of hydrogen-bond acceptors (Lipinski definition) is 1. The zero-order valence-electron chi connectivity index (χ0n) is 9.65. The van der Waals surface area contributed by atoms with E-state index in [1.54, 1.807) is 4.90 Å². The molecule has 1 aromatic carbocycles. The summed E-state index contributed by atoms with van der Waals surface area (Å²) in [7, 11) is 0. The molecule has 1 saturated heterocycles. The average Bonchev–Trinajstić information content (AvgIpc) is 2.30. The Morgan fingerprint density at radius 2 is 2.00 bits per heavy atom. The van der Waals surface area contributed by atoms with Crippen molar-refractivity contribution in [2.24, 2.45) is 5.73 Å². The van der Waals surface area contributed by atoms with Crippen LogP contribution in [0.25, 0.3) is 0 Å². The summed E-state index contributed by atoms with van der Waals surface area (Å²) in [6.45, 7) is 2.85. The number of piperidine rings is 1. The number of amides is 2. The highest BCUT2D eigenvalue weighted by molar-refractivity contribution is 5.72. The van der Waals surface area contributed by atoms with E-state index in [0.29, 0.717) is 0 Å². The monoisotopic (exact) mass is 218 g/mol. The number of aryl methyl sites for hydroxylation is 1. The number of carbonyl (C=O) groups is 1. The normalized spacial score (nSPS) is 20.8. The van der Waals surface area contributed by atoms with Gasteiger partial charge in [-0.2, -0.15) is 0 Å². The van der Waals surface area contributed by atoms with Crippen LogP contribution in [0.1, 0.15) is 36.4 Å². The van der Waals surface area contributed by atoms with Crippen LogP contribution in [0.5, 0.6) is 0 Å². The van der Waals surface area contributed by atoms with Crippen molar-refractivity contribution in [3.05, 3.63) is 35.4 Å². The molecular formula is C13H18N2O. The topological polar surface area (TPSA) is 46.3 Å². The number of hydrogen-bond donors (Lipinski definition) is 1. The van der Waals surface area contributed by atoms with Gasteiger partial charge in [0.15, 0.2) is 0 Å². The number of benzene rings is 1. The molecule has 1 aliphatic rings. The maximum absolute atomic E-state index is 11.4. The molecule has 3 nitrogen and oxygen atoms in total. The van der Waals surface area contributed by atoms with Crippen molar-refractivity contribution in [1.82, 2.24) is 4.90 Å². The van der Waals surface area contributed by atoms with E-state index in [1.165, 1.54) is 17.5 Å². The molecule has 0 aromatic heterocycles. The number of primary amides is 1. The smallest absolute Gasteiger partial charge is 0.315 e. The van der Waals surface area contributed by atoms with Crippen LogP contribution in [-0.4, -0.2) is 17.5 Å². The van der Waals surface area contributed by atoms with Gasteiger partial charge in [0.05, 0.1) is 6.04 Å². The molecule has 0 radical (unpaired) electrons. The predicted molar refractivity (Wildman–Crippen MR) is 64.1 cm³/mol. The van der Waals surface area contributed by atoms with Crippen LogP contribution >= 0.6 is 0 Å². The minimum Gasteiger partial charge on any atom is -0.351 e. The van der Waals surface area contributed by atoms with Gasteiger partial charge in [-0.05, 0) is 31.7 Å². The van der Waals surface area contributed by atoms with Crippen molar-refractivity contribution >= 4 is 6.03 Å².